The minimum Gasteiger partial charge on any atom is -0.512 e. The first kappa shape index (κ1) is 16.2. The van der Waals surface area contributed by atoms with Crippen molar-refractivity contribution in [1.29, 1.82) is 0 Å². The minimum atomic E-state index is -0.574. The van der Waals surface area contributed by atoms with E-state index in [0.29, 0.717) is 6.42 Å². The zero-order valence-electron chi connectivity index (χ0n) is 13.0. The molecule has 0 aromatic heterocycles. The molecule has 4 nitrogen and oxygen atoms in total. The molecule has 22 heavy (non-hydrogen) atoms. The standard InChI is InChI=1S/C17H20FNO3/c1-10(2)8-14-16(21)15(11(3)20)17(22)19(14)9-12-4-6-13(18)7-5-12/h4-7,10,14,20H,8-9H2,1-3H3/b15-11-/t14-/m1/s1. The van der Waals surface area contributed by atoms with Gasteiger partial charge < -0.3 is 10.0 Å². The average Bonchev–Trinajstić information content (AvgIpc) is 2.65. The van der Waals surface area contributed by atoms with Crippen LogP contribution in [0.15, 0.2) is 35.6 Å². The number of ketones is 1. The number of likely N-dealkylation sites (tertiary alicyclic amines) is 1. The zero-order valence-corrected chi connectivity index (χ0v) is 13.0. The van der Waals surface area contributed by atoms with Crippen molar-refractivity contribution in [3.63, 3.8) is 0 Å². The van der Waals surface area contributed by atoms with E-state index in [4.69, 9.17) is 0 Å². The number of rotatable bonds is 4. The van der Waals surface area contributed by atoms with Gasteiger partial charge in [-0.1, -0.05) is 26.0 Å². The average molecular weight is 305 g/mol. The Bertz CT molecular complexity index is 615. The Kier molecular flexibility index (Phi) is 4.64. The third kappa shape index (κ3) is 3.18. The van der Waals surface area contributed by atoms with Gasteiger partial charge in [-0.05, 0) is 37.0 Å². The second-order valence-electron chi connectivity index (χ2n) is 6.03. The van der Waals surface area contributed by atoms with Crippen LogP contribution < -0.4 is 0 Å². The lowest BCUT2D eigenvalue weighted by atomic mass is 9.99. The van der Waals surface area contributed by atoms with Crippen LogP contribution in [0.2, 0.25) is 0 Å². The number of amides is 1. The number of halogens is 1. The van der Waals surface area contributed by atoms with Crippen LogP contribution >= 0.6 is 0 Å². The van der Waals surface area contributed by atoms with Crippen molar-refractivity contribution < 1.29 is 19.1 Å². The van der Waals surface area contributed by atoms with Gasteiger partial charge in [-0.25, -0.2) is 4.39 Å². The maximum absolute atomic E-state index is 13.0. The summed E-state index contributed by atoms with van der Waals surface area (Å²) in [5.41, 5.74) is 0.612. The maximum atomic E-state index is 13.0. The molecular formula is C17H20FNO3. The summed E-state index contributed by atoms with van der Waals surface area (Å²) in [5, 5.41) is 9.63. The summed E-state index contributed by atoms with van der Waals surface area (Å²) in [5.74, 6) is -1.15. The molecule has 1 atom stereocenters. The van der Waals surface area contributed by atoms with Gasteiger partial charge in [-0.2, -0.15) is 0 Å². The Hall–Kier alpha value is -2.17. The number of hydrogen-bond acceptors (Lipinski definition) is 3. The van der Waals surface area contributed by atoms with Crippen LogP contribution in [0.1, 0.15) is 32.8 Å². The molecule has 1 aromatic carbocycles. The fourth-order valence-corrected chi connectivity index (χ4v) is 2.68. The smallest absolute Gasteiger partial charge is 0.261 e. The molecule has 0 unspecified atom stereocenters. The Morgan fingerprint density at radius 3 is 2.36 bits per heavy atom. The first-order valence-corrected chi connectivity index (χ1v) is 7.30. The molecule has 1 aliphatic rings. The highest BCUT2D eigenvalue weighted by Crippen LogP contribution is 2.28. The number of aliphatic hydroxyl groups is 1. The zero-order chi connectivity index (χ0) is 16.4. The van der Waals surface area contributed by atoms with Crippen LogP contribution in [0, 0.1) is 11.7 Å². The predicted molar refractivity (Wildman–Crippen MR) is 80.5 cm³/mol. The van der Waals surface area contributed by atoms with E-state index in [1.54, 1.807) is 12.1 Å². The van der Waals surface area contributed by atoms with Crippen molar-refractivity contribution in [1.82, 2.24) is 4.90 Å². The highest BCUT2D eigenvalue weighted by Gasteiger charge is 2.44. The van der Waals surface area contributed by atoms with E-state index in [1.807, 2.05) is 13.8 Å². The van der Waals surface area contributed by atoms with Gasteiger partial charge in [0.15, 0.2) is 5.78 Å². The minimum absolute atomic E-state index is 0.132. The molecule has 0 radical (unpaired) electrons. The van der Waals surface area contributed by atoms with Crippen molar-refractivity contribution >= 4 is 11.7 Å². The van der Waals surface area contributed by atoms with E-state index in [-0.39, 0.29) is 35.4 Å². The van der Waals surface area contributed by atoms with Gasteiger partial charge in [0, 0.05) is 6.54 Å². The molecule has 0 saturated carbocycles. The number of benzene rings is 1. The van der Waals surface area contributed by atoms with Gasteiger partial charge >= 0.3 is 0 Å². The molecule has 0 spiro atoms. The molecule has 118 valence electrons. The summed E-state index contributed by atoms with van der Waals surface area (Å²) in [6.45, 7) is 5.51. The molecule has 0 bridgehead atoms. The second-order valence-corrected chi connectivity index (χ2v) is 6.03. The van der Waals surface area contributed by atoms with E-state index >= 15 is 0 Å². The third-order valence-electron chi connectivity index (χ3n) is 3.72. The maximum Gasteiger partial charge on any atom is 0.261 e. The topological polar surface area (TPSA) is 57.6 Å². The summed E-state index contributed by atoms with van der Waals surface area (Å²) in [7, 11) is 0. The van der Waals surface area contributed by atoms with Gasteiger partial charge in [0.1, 0.15) is 17.1 Å². The molecule has 0 aliphatic carbocycles. The number of hydrogen-bond donors (Lipinski definition) is 1. The van der Waals surface area contributed by atoms with Gasteiger partial charge in [0.25, 0.3) is 5.91 Å². The third-order valence-corrected chi connectivity index (χ3v) is 3.72. The van der Waals surface area contributed by atoms with Gasteiger partial charge in [0.05, 0.1) is 6.04 Å². The molecule has 1 saturated heterocycles. The Morgan fingerprint density at radius 2 is 1.86 bits per heavy atom. The van der Waals surface area contributed by atoms with Gasteiger partial charge in [-0.3, -0.25) is 9.59 Å². The SMILES string of the molecule is C/C(O)=C1\C(=O)[C@@H](CC(C)C)N(Cc2ccc(F)cc2)C1=O. The highest BCUT2D eigenvalue weighted by molar-refractivity contribution is 6.26. The normalized spacial score (nSPS) is 21.0. The first-order chi connectivity index (χ1) is 10.3. The Balaban J connectivity index is 2.32. The van der Waals surface area contributed by atoms with E-state index in [1.165, 1.54) is 24.0 Å². The van der Waals surface area contributed by atoms with E-state index in [0.717, 1.165) is 5.56 Å². The molecule has 1 N–H and O–H groups in total. The number of allylic oxidation sites excluding steroid dienone is 1. The summed E-state index contributed by atoms with van der Waals surface area (Å²) in [6, 6.07) is 5.25. The number of Topliss-reactive ketones (excluding diaryl/α,β-unsaturated/α-hetero) is 1. The van der Waals surface area contributed by atoms with Crippen molar-refractivity contribution in [2.45, 2.75) is 39.8 Å². The van der Waals surface area contributed by atoms with Crippen molar-refractivity contribution in [2.75, 3.05) is 0 Å². The van der Waals surface area contributed by atoms with E-state index < -0.39 is 11.9 Å². The molecule has 1 fully saturated rings. The fourth-order valence-electron chi connectivity index (χ4n) is 2.68. The summed E-state index contributed by atoms with van der Waals surface area (Å²) >= 11 is 0. The first-order valence-electron chi connectivity index (χ1n) is 7.30. The second kappa shape index (κ2) is 6.30. The number of carbonyl (C=O) groups is 2. The van der Waals surface area contributed by atoms with Crippen molar-refractivity contribution in [3.05, 3.63) is 47.0 Å². The molecule has 1 aromatic rings. The lowest BCUT2D eigenvalue weighted by molar-refractivity contribution is -0.128. The molecule has 5 heteroatoms. The predicted octanol–water partition coefficient (Wildman–Crippen LogP) is 2.98. The lowest BCUT2D eigenvalue weighted by Crippen LogP contribution is -2.36. The van der Waals surface area contributed by atoms with E-state index in [9.17, 15) is 19.1 Å². The summed E-state index contributed by atoms with van der Waals surface area (Å²) in [4.78, 5) is 26.3. The quantitative estimate of drug-likeness (QED) is 0.528. The van der Waals surface area contributed by atoms with Crippen LogP contribution in [-0.2, 0) is 16.1 Å². The Labute approximate surface area is 129 Å². The Morgan fingerprint density at radius 1 is 1.27 bits per heavy atom. The molecular weight excluding hydrogens is 285 g/mol. The van der Waals surface area contributed by atoms with Crippen LogP contribution in [0.3, 0.4) is 0 Å². The molecule has 1 aliphatic heterocycles. The summed E-state index contributed by atoms with van der Waals surface area (Å²) in [6.07, 6.45) is 0.530. The fraction of sp³-hybridized carbons (Fsp3) is 0.412. The van der Waals surface area contributed by atoms with Crippen molar-refractivity contribution in [3.8, 4) is 0 Å². The number of carbonyl (C=O) groups excluding carboxylic acids is 2. The highest BCUT2D eigenvalue weighted by atomic mass is 19.1. The van der Waals surface area contributed by atoms with Crippen molar-refractivity contribution in [2.24, 2.45) is 5.92 Å². The molecule has 1 amide bonds. The van der Waals surface area contributed by atoms with Crippen LogP contribution in [0.5, 0.6) is 0 Å². The number of aliphatic hydroxyl groups excluding tert-OH is 1. The number of nitrogens with zero attached hydrogens (tertiary/aromatic N) is 1. The van der Waals surface area contributed by atoms with E-state index in [2.05, 4.69) is 0 Å². The van der Waals surface area contributed by atoms with Gasteiger partial charge in [0.2, 0.25) is 0 Å². The van der Waals surface area contributed by atoms with Crippen LogP contribution in [-0.4, -0.2) is 27.7 Å². The van der Waals surface area contributed by atoms with Crippen LogP contribution in [0.25, 0.3) is 0 Å². The monoisotopic (exact) mass is 305 g/mol. The largest absolute Gasteiger partial charge is 0.512 e. The summed E-state index contributed by atoms with van der Waals surface area (Å²) < 4.78 is 13.0. The van der Waals surface area contributed by atoms with Crippen LogP contribution in [0.4, 0.5) is 4.39 Å². The van der Waals surface area contributed by atoms with Gasteiger partial charge in [-0.15, -0.1) is 0 Å². The molecule has 2 rings (SSSR count). The lowest BCUT2D eigenvalue weighted by Gasteiger charge is -2.24. The molecule has 1 heterocycles.